The predicted molar refractivity (Wildman–Crippen MR) is 79.0 cm³/mol. The Hall–Kier alpha value is -0.0800. The average molecular weight is 258 g/mol. The Bertz CT molecular complexity index is 153. The molecule has 0 aromatic heterocycles. The van der Waals surface area contributed by atoms with Crippen molar-refractivity contribution in [2.24, 2.45) is 11.8 Å². The van der Waals surface area contributed by atoms with Crippen LogP contribution in [0.5, 0.6) is 0 Å². The Labute approximate surface area is 114 Å². The zero-order valence-corrected chi connectivity index (χ0v) is 13.0. The zero-order valence-electron chi connectivity index (χ0n) is 13.0. The molecular weight excluding hydrogens is 224 g/mol. The van der Waals surface area contributed by atoms with Crippen LogP contribution in [0, 0.1) is 11.8 Å². The van der Waals surface area contributed by atoms with Crippen molar-refractivity contribution >= 4 is 0 Å². The summed E-state index contributed by atoms with van der Waals surface area (Å²) in [7, 11) is 3.60. The van der Waals surface area contributed by atoms with Gasteiger partial charge >= 0.3 is 0 Å². The van der Waals surface area contributed by atoms with Gasteiger partial charge in [-0.3, -0.25) is 0 Å². The van der Waals surface area contributed by atoms with E-state index < -0.39 is 0 Å². The lowest BCUT2D eigenvalue weighted by Gasteiger charge is -2.26. The van der Waals surface area contributed by atoms with Gasteiger partial charge in [0.2, 0.25) is 0 Å². The highest BCUT2D eigenvalue weighted by Crippen LogP contribution is 2.26. The first-order valence-corrected chi connectivity index (χ1v) is 7.77. The maximum atomic E-state index is 5.36. The first-order valence-electron chi connectivity index (χ1n) is 7.77. The van der Waals surface area contributed by atoms with Crippen molar-refractivity contribution in [3.8, 4) is 0 Å². The minimum atomic E-state index is 0.577. The molecule has 0 aromatic rings. The molecule has 0 aliphatic heterocycles. The normalized spacial score (nSPS) is 13.2. The highest BCUT2D eigenvalue weighted by atomic mass is 16.5. The van der Waals surface area contributed by atoms with Crippen molar-refractivity contribution in [3.05, 3.63) is 0 Å². The van der Waals surface area contributed by atoms with Crippen molar-refractivity contribution in [3.63, 3.8) is 0 Å². The second-order valence-electron chi connectivity index (χ2n) is 5.42. The van der Waals surface area contributed by atoms with Gasteiger partial charge in [-0.1, -0.05) is 65.2 Å². The maximum absolute atomic E-state index is 5.36. The third-order valence-corrected chi connectivity index (χ3v) is 3.79. The van der Waals surface area contributed by atoms with Crippen LogP contribution in [-0.4, -0.2) is 27.4 Å². The number of hydrogen-bond acceptors (Lipinski definition) is 2. The van der Waals surface area contributed by atoms with Crippen molar-refractivity contribution in [1.82, 2.24) is 0 Å². The molecule has 0 aromatic carbocycles. The fraction of sp³-hybridized carbons (Fsp3) is 1.00. The van der Waals surface area contributed by atoms with Gasteiger partial charge in [-0.2, -0.15) is 0 Å². The third-order valence-electron chi connectivity index (χ3n) is 3.79. The van der Waals surface area contributed by atoms with E-state index in [-0.39, 0.29) is 0 Å². The second-order valence-corrected chi connectivity index (χ2v) is 5.42. The summed E-state index contributed by atoms with van der Waals surface area (Å²) in [5, 5.41) is 0. The lowest BCUT2D eigenvalue weighted by molar-refractivity contribution is 0.0474. The van der Waals surface area contributed by atoms with Crippen LogP contribution in [0.15, 0.2) is 0 Å². The standard InChI is InChI=1S/C16H34O2/c1-5-7-9-10-12-15(11-8-6-2)16(13-17-3)14-18-4/h15-16H,5-14H2,1-4H3. The number of rotatable bonds is 13. The van der Waals surface area contributed by atoms with Crippen LogP contribution in [0.25, 0.3) is 0 Å². The van der Waals surface area contributed by atoms with Gasteiger partial charge in [0.15, 0.2) is 0 Å². The molecule has 0 saturated carbocycles. The molecule has 0 aliphatic rings. The molecule has 2 heteroatoms. The highest BCUT2D eigenvalue weighted by Gasteiger charge is 2.20. The zero-order chi connectivity index (χ0) is 13.6. The van der Waals surface area contributed by atoms with Crippen molar-refractivity contribution in [2.45, 2.75) is 65.2 Å². The Morgan fingerprint density at radius 1 is 0.667 bits per heavy atom. The summed E-state index contributed by atoms with van der Waals surface area (Å²) in [5.41, 5.74) is 0. The lowest BCUT2D eigenvalue weighted by atomic mass is 9.84. The first kappa shape index (κ1) is 17.9. The third kappa shape index (κ3) is 8.93. The molecule has 0 radical (unpaired) electrons. The van der Waals surface area contributed by atoms with E-state index >= 15 is 0 Å². The summed E-state index contributed by atoms with van der Waals surface area (Å²) in [6, 6.07) is 0. The van der Waals surface area contributed by atoms with Gasteiger partial charge in [0.05, 0.1) is 13.2 Å². The van der Waals surface area contributed by atoms with Crippen LogP contribution in [0.3, 0.4) is 0 Å². The van der Waals surface area contributed by atoms with E-state index in [0.717, 1.165) is 19.1 Å². The van der Waals surface area contributed by atoms with Gasteiger partial charge in [-0.15, -0.1) is 0 Å². The Morgan fingerprint density at radius 2 is 1.22 bits per heavy atom. The van der Waals surface area contributed by atoms with E-state index in [1.165, 1.54) is 51.4 Å². The van der Waals surface area contributed by atoms with Crippen molar-refractivity contribution in [2.75, 3.05) is 27.4 Å². The molecule has 0 saturated heterocycles. The molecule has 0 N–H and O–H groups in total. The molecule has 1 unspecified atom stereocenters. The predicted octanol–water partition coefficient (Wildman–Crippen LogP) is 4.67. The number of ether oxygens (including phenoxy) is 2. The Morgan fingerprint density at radius 3 is 1.72 bits per heavy atom. The van der Waals surface area contributed by atoms with E-state index in [0.29, 0.717) is 5.92 Å². The molecule has 0 rings (SSSR count). The molecule has 18 heavy (non-hydrogen) atoms. The molecule has 1 atom stereocenters. The van der Waals surface area contributed by atoms with E-state index in [1.54, 1.807) is 14.2 Å². The monoisotopic (exact) mass is 258 g/mol. The first-order chi connectivity index (χ1) is 8.79. The van der Waals surface area contributed by atoms with E-state index in [2.05, 4.69) is 13.8 Å². The summed E-state index contributed by atoms with van der Waals surface area (Å²) in [6.45, 7) is 6.23. The summed E-state index contributed by atoms with van der Waals surface area (Å²) in [6.07, 6.45) is 10.7. The fourth-order valence-electron chi connectivity index (χ4n) is 2.66. The van der Waals surface area contributed by atoms with Crippen LogP contribution < -0.4 is 0 Å². The lowest BCUT2D eigenvalue weighted by Crippen LogP contribution is -2.24. The number of unbranched alkanes of at least 4 members (excludes halogenated alkanes) is 4. The number of methoxy groups -OCH3 is 2. The molecule has 110 valence electrons. The van der Waals surface area contributed by atoms with Gasteiger partial charge in [0, 0.05) is 20.1 Å². The van der Waals surface area contributed by atoms with E-state index in [1.807, 2.05) is 0 Å². The molecule has 0 aliphatic carbocycles. The quantitative estimate of drug-likeness (QED) is 0.447. The van der Waals surface area contributed by atoms with Gasteiger partial charge in [0.1, 0.15) is 0 Å². The fourth-order valence-corrected chi connectivity index (χ4v) is 2.66. The van der Waals surface area contributed by atoms with Crippen LogP contribution in [0.4, 0.5) is 0 Å². The van der Waals surface area contributed by atoms with Gasteiger partial charge in [0.25, 0.3) is 0 Å². The minimum absolute atomic E-state index is 0.577. The minimum Gasteiger partial charge on any atom is -0.384 e. The van der Waals surface area contributed by atoms with Gasteiger partial charge in [-0.05, 0) is 5.92 Å². The Kier molecular flexibility index (Phi) is 13.3. The molecule has 0 fully saturated rings. The van der Waals surface area contributed by atoms with Crippen LogP contribution in [0.1, 0.15) is 65.2 Å². The van der Waals surface area contributed by atoms with Crippen LogP contribution in [-0.2, 0) is 9.47 Å². The largest absolute Gasteiger partial charge is 0.384 e. The molecular formula is C16H34O2. The topological polar surface area (TPSA) is 18.5 Å². The summed E-state index contributed by atoms with van der Waals surface area (Å²) in [4.78, 5) is 0. The molecule has 0 heterocycles. The van der Waals surface area contributed by atoms with Gasteiger partial charge < -0.3 is 9.47 Å². The number of hydrogen-bond donors (Lipinski definition) is 0. The van der Waals surface area contributed by atoms with Crippen molar-refractivity contribution < 1.29 is 9.47 Å². The smallest absolute Gasteiger partial charge is 0.0515 e. The molecule has 0 amide bonds. The van der Waals surface area contributed by atoms with Crippen LogP contribution >= 0.6 is 0 Å². The van der Waals surface area contributed by atoms with Crippen LogP contribution in [0.2, 0.25) is 0 Å². The summed E-state index contributed by atoms with van der Waals surface area (Å²) < 4.78 is 10.7. The molecule has 2 nitrogen and oxygen atoms in total. The average Bonchev–Trinajstić information content (AvgIpc) is 2.38. The summed E-state index contributed by atoms with van der Waals surface area (Å²) >= 11 is 0. The van der Waals surface area contributed by atoms with Gasteiger partial charge in [-0.25, -0.2) is 0 Å². The SMILES string of the molecule is CCCCCCC(CCCC)C(COC)COC. The highest BCUT2D eigenvalue weighted by molar-refractivity contribution is 4.70. The Balaban J connectivity index is 4.13. The maximum Gasteiger partial charge on any atom is 0.0515 e. The second kappa shape index (κ2) is 13.4. The summed E-state index contributed by atoms with van der Waals surface area (Å²) in [5.74, 6) is 1.36. The van der Waals surface area contributed by atoms with E-state index in [9.17, 15) is 0 Å². The molecule has 0 bridgehead atoms. The van der Waals surface area contributed by atoms with Crippen molar-refractivity contribution in [1.29, 1.82) is 0 Å². The van der Waals surface area contributed by atoms with E-state index in [4.69, 9.17) is 9.47 Å². The molecule has 0 spiro atoms.